The molecule has 1 amide bonds. The second kappa shape index (κ2) is 10.7. The number of hydrogen-bond acceptors (Lipinski definition) is 4. The molecule has 1 heterocycles. The Labute approximate surface area is 243 Å². The number of aryl methyl sites for hydroxylation is 1. The van der Waals surface area contributed by atoms with Crippen LogP contribution in [0.4, 0.5) is 13.2 Å². The van der Waals surface area contributed by atoms with Gasteiger partial charge in [0.2, 0.25) is 5.91 Å². The Morgan fingerprint density at radius 3 is 2.20 bits per heavy atom. The van der Waals surface area contributed by atoms with Crippen molar-refractivity contribution < 1.29 is 27.6 Å². The number of nitrogens with two attached hydrogens (primary N) is 1. The van der Waals surface area contributed by atoms with E-state index in [4.69, 9.17) is 33.8 Å². The summed E-state index contributed by atoms with van der Waals surface area (Å²) in [6, 6.07) is 21.7. The number of halogens is 5. The van der Waals surface area contributed by atoms with Gasteiger partial charge in [-0.2, -0.15) is 13.2 Å². The van der Waals surface area contributed by atoms with E-state index in [9.17, 15) is 22.8 Å². The number of benzene rings is 4. The molecule has 0 aliphatic carbocycles. The van der Waals surface area contributed by atoms with Crippen molar-refractivity contribution in [1.29, 1.82) is 0 Å². The van der Waals surface area contributed by atoms with Crippen LogP contribution in [-0.4, -0.2) is 23.6 Å². The zero-order valence-corrected chi connectivity index (χ0v) is 22.9. The number of carbonyl (C=O) groups excluding carboxylic acids is 2. The fourth-order valence-corrected chi connectivity index (χ4v) is 5.34. The van der Waals surface area contributed by atoms with Gasteiger partial charge in [0.1, 0.15) is 0 Å². The fraction of sp³-hybridized carbons (Fsp3) is 0.129. The summed E-state index contributed by atoms with van der Waals surface area (Å²) in [5.74, 6) is -0.987. The van der Waals surface area contributed by atoms with Gasteiger partial charge in [-0.1, -0.05) is 76.9 Å². The molecule has 0 saturated carbocycles. The number of nitrogens with zero attached hydrogens (tertiary/aromatic N) is 1. The summed E-state index contributed by atoms with van der Waals surface area (Å²) in [5.41, 5.74) is 5.41. The number of amides is 1. The molecule has 5 nitrogen and oxygen atoms in total. The average Bonchev–Trinajstić information content (AvgIpc) is 3.40. The number of alkyl halides is 3. The number of oxime groups is 1. The van der Waals surface area contributed by atoms with Gasteiger partial charge in [0.05, 0.1) is 5.71 Å². The largest absolute Gasteiger partial charge is 0.435 e. The normalized spacial score (nSPS) is 16.7. The van der Waals surface area contributed by atoms with E-state index >= 15 is 0 Å². The number of rotatable bonds is 6. The molecular weight excluding hydrogens is 576 g/mol. The first kappa shape index (κ1) is 28.4. The lowest BCUT2D eigenvalue weighted by Crippen LogP contribution is -2.42. The summed E-state index contributed by atoms with van der Waals surface area (Å²) >= 11 is 12.0. The summed E-state index contributed by atoms with van der Waals surface area (Å²) in [6.07, 6.45) is -5.50. The number of primary amides is 1. The highest BCUT2D eigenvalue weighted by atomic mass is 35.5. The number of ketones is 1. The lowest BCUT2D eigenvalue weighted by atomic mass is 9.85. The Morgan fingerprint density at radius 2 is 1.56 bits per heavy atom. The maximum atomic E-state index is 14.5. The molecule has 0 radical (unpaired) electrons. The van der Waals surface area contributed by atoms with Crippen LogP contribution < -0.4 is 5.73 Å². The number of hydrogen-bond donors (Lipinski definition) is 1. The topological polar surface area (TPSA) is 81.8 Å². The minimum Gasteiger partial charge on any atom is -0.374 e. The summed E-state index contributed by atoms with van der Waals surface area (Å²) in [4.78, 5) is 30.6. The molecule has 5 rings (SSSR count). The van der Waals surface area contributed by atoms with Gasteiger partial charge in [-0.15, -0.1) is 0 Å². The van der Waals surface area contributed by atoms with Crippen LogP contribution in [0.5, 0.6) is 0 Å². The van der Waals surface area contributed by atoms with E-state index in [1.165, 1.54) is 18.2 Å². The highest BCUT2D eigenvalue weighted by Gasteiger charge is 2.62. The molecular formula is C31H21Cl2F3N2O3. The molecule has 208 valence electrons. The minimum atomic E-state index is -4.86. The van der Waals surface area contributed by atoms with Crippen LogP contribution in [-0.2, 0) is 10.4 Å². The SMILES string of the molecule is Cc1ccc(C2=NOC(c3cc(Cl)cc(Cl)c3)(C(F)(F)F)C2)cc1-c1cc(C(=O)c2ccccc2)ccc1C(N)=O. The first-order valence-corrected chi connectivity index (χ1v) is 13.1. The van der Waals surface area contributed by atoms with Crippen LogP contribution in [0.1, 0.15) is 49.4 Å². The Balaban J connectivity index is 1.58. The van der Waals surface area contributed by atoms with Crippen molar-refractivity contribution in [2.75, 3.05) is 0 Å². The molecule has 10 heteroatoms. The first-order valence-electron chi connectivity index (χ1n) is 12.3. The van der Waals surface area contributed by atoms with Gasteiger partial charge in [0.25, 0.3) is 5.60 Å². The van der Waals surface area contributed by atoms with Crippen molar-refractivity contribution in [3.63, 3.8) is 0 Å². The standard InChI is InChI=1S/C31H21Cl2F3N2O3/c1-17-7-8-19(27-16-30(41-38-27,31(34,35)36)21-13-22(32)15-23(33)14-21)11-25(17)26-12-20(9-10-24(26)29(37)40)28(39)18-5-3-2-4-6-18/h2-15H,16H2,1H3,(H2,37,40). The summed E-state index contributed by atoms with van der Waals surface area (Å²) in [7, 11) is 0. The maximum absolute atomic E-state index is 14.5. The first-order chi connectivity index (χ1) is 19.4. The summed E-state index contributed by atoms with van der Waals surface area (Å²) in [6.45, 7) is 1.77. The van der Waals surface area contributed by atoms with Gasteiger partial charge in [0, 0.05) is 44.3 Å². The number of carbonyl (C=O) groups is 2. The van der Waals surface area contributed by atoms with Gasteiger partial charge >= 0.3 is 6.18 Å². The van der Waals surface area contributed by atoms with Gasteiger partial charge in [-0.25, -0.2) is 0 Å². The molecule has 1 atom stereocenters. The van der Waals surface area contributed by atoms with Crippen LogP contribution in [0.15, 0.2) is 90.1 Å². The van der Waals surface area contributed by atoms with E-state index in [0.29, 0.717) is 33.4 Å². The molecule has 0 aromatic heterocycles. The minimum absolute atomic E-state index is 0.0229. The Kier molecular flexibility index (Phi) is 7.40. The van der Waals surface area contributed by atoms with Crippen molar-refractivity contribution in [3.05, 3.63) is 128 Å². The van der Waals surface area contributed by atoms with Gasteiger partial charge in [-0.05, 0) is 60.0 Å². The predicted octanol–water partition coefficient (Wildman–Crippen LogP) is 7.88. The molecule has 0 bridgehead atoms. The highest BCUT2D eigenvalue weighted by Crippen LogP contribution is 2.50. The van der Waals surface area contributed by atoms with Crippen LogP contribution in [0, 0.1) is 6.92 Å². The smallest absolute Gasteiger partial charge is 0.374 e. The van der Waals surface area contributed by atoms with E-state index in [1.807, 2.05) is 0 Å². The lowest BCUT2D eigenvalue weighted by molar-refractivity contribution is -0.275. The third kappa shape index (κ3) is 5.33. The third-order valence-corrected chi connectivity index (χ3v) is 7.40. The highest BCUT2D eigenvalue weighted by molar-refractivity contribution is 6.34. The Bertz CT molecular complexity index is 1700. The van der Waals surface area contributed by atoms with Crippen molar-refractivity contribution in [2.45, 2.75) is 25.1 Å². The van der Waals surface area contributed by atoms with E-state index < -0.39 is 24.1 Å². The third-order valence-electron chi connectivity index (χ3n) is 6.96. The van der Waals surface area contributed by atoms with E-state index in [-0.39, 0.29) is 32.7 Å². The molecule has 0 fully saturated rings. The second-order valence-corrected chi connectivity index (χ2v) is 10.5. The Hall–Kier alpha value is -4.14. The van der Waals surface area contributed by atoms with Gasteiger partial charge < -0.3 is 10.6 Å². The van der Waals surface area contributed by atoms with Crippen molar-refractivity contribution in [1.82, 2.24) is 0 Å². The van der Waals surface area contributed by atoms with Crippen LogP contribution in [0.2, 0.25) is 10.0 Å². The molecule has 1 unspecified atom stereocenters. The van der Waals surface area contributed by atoms with Crippen LogP contribution in [0.3, 0.4) is 0 Å². The molecule has 1 aliphatic heterocycles. The van der Waals surface area contributed by atoms with E-state index in [1.54, 1.807) is 61.5 Å². The van der Waals surface area contributed by atoms with Crippen LogP contribution >= 0.6 is 23.2 Å². The zero-order chi connectivity index (χ0) is 29.5. The van der Waals surface area contributed by atoms with Crippen molar-refractivity contribution >= 4 is 40.6 Å². The maximum Gasteiger partial charge on any atom is 0.435 e. The molecule has 41 heavy (non-hydrogen) atoms. The molecule has 2 N–H and O–H groups in total. The Morgan fingerprint density at radius 1 is 0.878 bits per heavy atom. The fourth-order valence-electron chi connectivity index (χ4n) is 4.82. The monoisotopic (exact) mass is 596 g/mol. The predicted molar refractivity (Wildman–Crippen MR) is 151 cm³/mol. The molecule has 4 aromatic rings. The van der Waals surface area contributed by atoms with Crippen LogP contribution in [0.25, 0.3) is 11.1 Å². The summed E-state index contributed by atoms with van der Waals surface area (Å²) in [5, 5.41) is 3.88. The van der Waals surface area contributed by atoms with Gasteiger partial charge in [-0.3, -0.25) is 9.59 Å². The molecule has 0 spiro atoms. The van der Waals surface area contributed by atoms with E-state index in [2.05, 4.69) is 5.16 Å². The van der Waals surface area contributed by atoms with Gasteiger partial charge in [0.15, 0.2) is 5.78 Å². The quantitative estimate of drug-likeness (QED) is 0.230. The second-order valence-electron chi connectivity index (χ2n) is 9.64. The van der Waals surface area contributed by atoms with Crippen molar-refractivity contribution in [3.8, 4) is 11.1 Å². The van der Waals surface area contributed by atoms with E-state index in [0.717, 1.165) is 12.1 Å². The zero-order valence-electron chi connectivity index (χ0n) is 21.4. The molecule has 1 aliphatic rings. The molecule has 0 saturated heterocycles. The van der Waals surface area contributed by atoms with Crippen molar-refractivity contribution in [2.24, 2.45) is 10.9 Å². The molecule has 4 aromatic carbocycles. The lowest BCUT2D eigenvalue weighted by Gasteiger charge is -2.29. The average molecular weight is 597 g/mol. The summed E-state index contributed by atoms with van der Waals surface area (Å²) < 4.78 is 43.5.